The second-order valence-electron chi connectivity index (χ2n) is 25.8. The second-order valence-corrected chi connectivity index (χ2v) is 25.8. The van der Waals surface area contributed by atoms with Crippen LogP contribution in [0.15, 0.2) is 59.7 Å². The molecule has 1 aliphatic rings. The molecule has 0 N–H and O–H groups in total. The van der Waals surface area contributed by atoms with Gasteiger partial charge >= 0.3 is 0 Å². The van der Waals surface area contributed by atoms with Gasteiger partial charge in [-0.15, -0.1) is 0 Å². The highest BCUT2D eigenvalue weighted by atomic mass is 15.2. The van der Waals surface area contributed by atoms with Crippen molar-refractivity contribution in [2.24, 2.45) is 0 Å². The Labute approximate surface area is 500 Å². The molecule has 0 aliphatic carbocycles. The Morgan fingerprint density at radius 3 is 0.800 bits per heavy atom. The minimum absolute atomic E-state index is 1.01. The summed E-state index contributed by atoms with van der Waals surface area (Å²) in [6.45, 7) is 14.0. The Bertz CT molecular complexity index is 1820. The number of rotatable bonds is 57. The first kappa shape index (κ1) is 71.5. The van der Waals surface area contributed by atoms with E-state index in [1.54, 1.807) is 4.70 Å². The molecule has 1 aliphatic heterocycles. The fourth-order valence-corrected chi connectivity index (χ4v) is 12.9. The van der Waals surface area contributed by atoms with Gasteiger partial charge in [0.1, 0.15) is 0 Å². The van der Waals surface area contributed by atoms with Gasteiger partial charge in [0.25, 0.3) is 0 Å². The molecule has 0 saturated carbocycles. The maximum Gasteiger partial charge on any atom is 0.215 e. The van der Waals surface area contributed by atoms with Gasteiger partial charge in [-0.1, -0.05) is 336 Å². The van der Waals surface area contributed by atoms with Gasteiger partial charge in [-0.25, -0.2) is 4.70 Å². The molecule has 0 bridgehead atoms. The fraction of sp³-hybridized carbons (Fsp3) is 0.769. The zero-order valence-corrected chi connectivity index (χ0v) is 54.7. The lowest BCUT2D eigenvalue weighted by molar-refractivity contribution is -0.345. The SMILES string of the molecule is CCCCCCCCCCCCCCCCCCCCC=CC1=C(c2cc(CCCCCCCC)cc(CCCCCCCC)c2)[N+](=[N-])C(c2cc(CCCCCCCC)cc(CCCCCCCC)c2)=C1CCCCCCCC. The number of aryl methyl sites for hydroxylation is 4. The summed E-state index contributed by atoms with van der Waals surface area (Å²) in [6.07, 6.45) is 76.4. The van der Waals surface area contributed by atoms with Crippen LogP contribution in [-0.4, -0.2) is 4.70 Å². The van der Waals surface area contributed by atoms with Crippen LogP contribution < -0.4 is 0 Å². The number of nitrogens with zero attached hydrogens (tertiary/aromatic N) is 2. The largest absolute Gasteiger partial charge is 0.493 e. The quantitative estimate of drug-likeness (QED) is 0.0466. The van der Waals surface area contributed by atoms with Crippen LogP contribution in [0.4, 0.5) is 0 Å². The minimum atomic E-state index is 1.01. The third-order valence-corrected chi connectivity index (χ3v) is 18.0. The van der Waals surface area contributed by atoms with Gasteiger partial charge in [-0.05, 0) is 124 Å². The summed E-state index contributed by atoms with van der Waals surface area (Å²) in [5.41, 5.74) is 26.4. The van der Waals surface area contributed by atoms with Crippen molar-refractivity contribution in [3.05, 3.63) is 98.6 Å². The van der Waals surface area contributed by atoms with Crippen molar-refractivity contribution in [1.29, 1.82) is 0 Å². The molecule has 0 amide bonds. The molecule has 0 unspecified atom stereocenters. The smallest absolute Gasteiger partial charge is 0.215 e. The molecule has 2 aromatic carbocycles. The van der Waals surface area contributed by atoms with E-state index >= 15 is 0 Å². The molecule has 2 nitrogen and oxygen atoms in total. The van der Waals surface area contributed by atoms with Gasteiger partial charge in [-0.3, -0.25) is 0 Å². The topological polar surface area (TPSA) is 25.3 Å². The number of allylic oxidation sites excluding steroid dienone is 4. The maximum atomic E-state index is 13.3. The first-order chi connectivity index (χ1) is 39.5. The fourth-order valence-electron chi connectivity index (χ4n) is 12.9. The molecular weight excluding hydrogens is 965 g/mol. The van der Waals surface area contributed by atoms with E-state index in [2.05, 4.69) is 90.1 Å². The molecule has 2 heteroatoms. The molecule has 3 rings (SSSR count). The average Bonchev–Trinajstić information content (AvgIpc) is 3.98. The Morgan fingerprint density at radius 2 is 0.512 bits per heavy atom. The van der Waals surface area contributed by atoms with E-state index in [1.165, 1.54) is 353 Å². The molecule has 0 fully saturated rings. The van der Waals surface area contributed by atoms with Crippen LogP contribution in [0.25, 0.3) is 16.9 Å². The summed E-state index contributed by atoms with van der Waals surface area (Å²) in [5.74, 6) is 0. The van der Waals surface area contributed by atoms with Crippen LogP contribution >= 0.6 is 0 Å². The second kappa shape index (κ2) is 50.7. The van der Waals surface area contributed by atoms with Crippen molar-refractivity contribution < 1.29 is 4.70 Å². The van der Waals surface area contributed by atoms with Gasteiger partial charge in [0.15, 0.2) is 0 Å². The van der Waals surface area contributed by atoms with E-state index in [-0.39, 0.29) is 0 Å². The Kier molecular flexibility index (Phi) is 45.4. The highest BCUT2D eigenvalue weighted by Gasteiger charge is 2.35. The first-order valence-electron chi connectivity index (χ1n) is 36.4. The van der Waals surface area contributed by atoms with Crippen molar-refractivity contribution >= 4 is 11.4 Å². The Morgan fingerprint density at radius 1 is 0.275 bits per heavy atom. The van der Waals surface area contributed by atoms with Gasteiger partial charge in [-0.2, -0.15) is 0 Å². The standard InChI is InChI=1S/C78H134N2/c1-7-13-19-25-31-32-33-34-35-36-37-38-39-40-41-42-43-44-50-56-62-76-75(61-55-49-30-24-18-12-6)77(73-65-69(57-51-45-26-20-14-8-2)63-70(66-73)58-52-46-27-21-15-9-3)80(79)78(76)74-67-71(59-53-47-28-22-16-10-4)64-72(68-74)60-54-48-29-23-17-11-5/h56,62-68H,7-55,57-61H2,1-6H3. The summed E-state index contributed by atoms with van der Waals surface area (Å²) in [5, 5.41) is 0. The molecule has 80 heavy (non-hydrogen) atoms. The number of benzene rings is 2. The van der Waals surface area contributed by atoms with E-state index in [0.717, 1.165) is 49.9 Å². The summed E-state index contributed by atoms with van der Waals surface area (Å²) in [6, 6.07) is 15.1. The molecule has 0 spiro atoms. The van der Waals surface area contributed by atoms with E-state index in [9.17, 15) is 5.53 Å². The number of hydrogen-bond acceptors (Lipinski definition) is 0. The third kappa shape index (κ3) is 33.5. The molecule has 0 atom stereocenters. The average molecular weight is 1100 g/mol. The number of hydrogen-bond donors (Lipinski definition) is 0. The van der Waals surface area contributed by atoms with Gasteiger partial charge in [0, 0.05) is 16.7 Å². The van der Waals surface area contributed by atoms with Gasteiger partial charge in [0.2, 0.25) is 11.4 Å². The highest BCUT2D eigenvalue weighted by Crippen LogP contribution is 2.44. The molecule has 456 valence electrons. The minimum Gasteiger partial charge on any atom is -0.493 e. The predicted molar refractivity (Wildman–Crippen MR) is 359 cm³/mol. The summed E-state index contributed by atoms with van der Waals surface area (Å²) in [7, 11) is 0. The van der Waals surface area contributed by atoms with Crippen molar-refractivity contribution in [1.82, 2.24) is 0 Å². The zero-order valence-electron chi connectivity index (χ0n) is 54.7. The summed E-state index contributed by atoms with van der Waals surface area (Å²) < 4.78 is 1.74. The molecule has 0 aromatic heterocycles. The van der Waals surface area contributed by atoms with Crippen LogP contribution in [0, 0.1) is 0 Å². The number of unbranched alkanes of at least 4 members (excludes halogenated alkanes) is 43. The normalized spacial score (nSPS) is 12.9. The summed E-state index contributed by atoms with van der Waals surface area (Å²) >= 11 is 0. The van der Waals surface area contributed by atoms with Gasteiger partial charge < -0.3 is 5.53 Å². The Balaban J connectivity index is 1.97. The van der Waals surface area contributed by atoms with E-state index < -0.39 is 0 Å². The lowest BCUT2D eigenvalue weighted by atomic mass is 9.91. The molecule has 2 aromatic rings. The van der Waals surface area contributed by atoms with Gasteiger partial charge in [0.05, 0.1) is 5.57 Å². The van der Waals surface area contributed by atoms with E-state index in [0.29, 0.717) is 0 Å². The van der Waals surface area contributed by atoms with Crippen molar-refractivity contribution in [2.45, 2.75) is 388 Å². The predicted octanol–water partition coefficient (Wildman–Crippen LogP) is 27.2. The zero-order chi connectivity index (χ0) is 57.2. The first-order valence-corrected chi connectivity index (χ1v) is 36.4. The van der Waals surface area contributed by atoms with Crippen LogP contribution in [0.5, 0.6) is 0 Å². The summed E-state index contributed by atoms with van der Waals surface area (Å²) in [4.78, 5) is 0. The highest BCUT2D eigenvalue weighted by molar-refractivity contribution is 5.84. The van der Waals surface area contributed by atoms with Crippen molar-refractivity contribution in [2.75, 3.05) is 0 Å². The molecule has 0 radical (unpaired) electrons. The molecule has 1 heterocycles. The van der Waals surface area contributed by atoms with E-state index in [1.807, 2.05) is 0 Å². The van der Waals surface area contributed by atoms with Crippen molar-refractivity contribution in [3.63, 3.8) is 0 Å². The van der Waals surface area contributed by atoms with Crippen LogP contribution in [0.1, 0.15) is 396 Å². The molecule has 0 saturated heterocycles. The lowest BCUT2D eigenvalue weighted by Gasteiger charge is -2.15. The maximum absolute atomic E-state index is 13.3. The van der Waals surface area contributed by atoms with Crippen LogP contribution in [0.3, 0.4) is 0 Å². The Hall–Kier alpha value is -2.74. The van der Waals surface area contributed by atoms with Crippen molar-refractivity contribution in [3.8, 4) is 0 Å². The van der Waals surface area contributed by atoms with E-state index in [4.69, 9.17) is 0 Å². The monoisotopic (exact) mass is 1100 g/mol. The lowest BCUT2D eigenvalue weighted by Crippen LogP contribution is -2.05. The third-order valence-electron chi connectivity index (χ3n) is 18.0. The van der Waals surface area contributed by atoms with Crippen LogP contribution in [-0.2, 0) is 25.7 Å². The molecular formula is C78H134N2. The van der Waals surface area contributed by atoms with Crippen LogP contribution in [0.2, 0.25) is 0 Å².